The summed E-state index contributed by atoms with van der Waals surface area (Å²) in [6, 6.07) is 12.5. The maximum absolute atomic E-state index is 13.1. The molecule has 0 bridgehead atoms. The largest absolute Gasteiger partial charge is 0.497 e. The Morgan fingerprint density at radius 2 is 1.97 bits per heavy atom. The molecule has 8 heteroatoms. The van der Waals surface area contributed by atoms with E-state index in [2.05, 4.69) is 5.32 Å². The van der Waals surface area contributed by atoms with Gasteiger partial charge >= 0.3 is 0 Å². The fraction of sp³-hybridized carbons (Fsp3) is 0.261. The minimum atomic E-state index is -0.479. The van der Waals surface area contributed by atoms with Crippen molar-refractivity contribution in [3.63, 3.8) is 0 Å². The molecule has 1 N–H and O–H groups in total. The van der Waals surface area contributed by atoms with Crippen LogP contribution in [0, 0.1) is 0 Å². The van der Waals surface area contributed by atoms with Gasteiger partial charge in [0.1, 0.15) is 17.5 Å². The molecule has 2 aromatic carbocycles. The predicted octanol–water partition coefficient (Wildman–Crippen LogP) is 4.64. The Labute approximate surface area is 184 Å². The Hall–Kier alpha value is -3.32. The number of anilines is 1. The average molecular weight is 437 g/mol. The Balaban J connectivity index is 1.74. The molecule has 0 spiro atoms. The van der Waals surface area contributed by atoms with E-state index in [-0.39, 0.29) is 5.78 Å². The maximum atomic E-state index is 13.1. The van der Waals surface area contributed by atoms with Crippen molar-refractivity contribution in [3.8, 4) is 22.9 Å². The van der Waals surface area contributed by atoms with Gasteiger partial charge in [-0.1, -0.05) is 23.7 Å². The third kappa shape index (κ3) is 3.25. The van der Waals surface area contributed by atoms with Crippen LogP contribution in [-0.2, 0) is 4.79 Å². The highest BCUT2D eigenvalue weighted by atomic mass is 35.5. The summed E-state index contributed by atoms with van der Waals surface area (Å²) in [6.07, 6.45) is 2.08. The van der Waals surface area contributed by atoms with Crippen LogP contribution >= 0.6 is 11.6 Å². The highest BCUT2D eigenvalue weighted by Gasteiger charge is 2.38. The fourth-order valence-corrected chi connectivity index (χ4v) is 4.47. The molecule has 2 heterocycles. The van der Waals surface area contributed by atoms with Crippen molar-refractivity contribution in [2.75, 3.05) is 19.5 Å². The third-order valence-electron chi connectivity index (χ3n) is 5.71. The standard InChI is InChI=1S/C23H21ClN4O3/c1-30-13-10-11-19(31-2)15(12-13)21-20-17(8-5-9-18(20)29)25-23-26-22(27-28(21)23)14-6-3-4-7-16(14)24/h3-4,6-7,10-12,21H,5,8-9H2,1-2H3,(H,25,26,27). The molecule has 0 fully saturated rings. The van der Waals surface area contributed by atoms with Crippen molar-refractivity contribution in [3.05, 3.63) is 64.3 Å². The molecule has 0 amide bonds. The Morgan fingerprint density at radius 1 is 1.13 bits per heavy atom. The molecule has 1 atom stereocenters. The van der Waals surface area contributed by atoms with Crippen molar-refractivity contribution < 1.29 is 14.3 Å². The summed E-state index contributed by atoms with van der Waals surface area (Å²) in [6.45, 7) is 0. The number of halogens is 1. The van der Waals surface area contributed by atoms with E-state index < -0.39 is 6.04 Å². The second kappa shape index (κ2) is 7.74. The maximum Gasteiger partial charge on any atom is 0.226 e. The summed E-state index contributed by atoms with van der Waals surface area (Å²) in [5.74, 6) is 2.49. The van der Waals surface area contributed by atoms with Gasteiger partial charge in [0, 0.05) is 28.8 Å². The average Bonchev–Trinajstić information content (AvgIpc) is 3.21. The van der Waals surface area contributed by atoms with E-state index in [1.807, 2.05) is 36.4 Å². The molecule has 1 aliphatic carbocycles. The van der Waals surface area contributed by atoms with Gasteiger partial charge in [-0.2, -0.15) is 4.98 Å². The third-order valence-corrected chi connectivity index (χ3v) is 6.04. The molecule has 1 unspecified atom stereocenters. The molecule has 5 rings (SSSR count). The van der Waals surface area contributed by atoms with Gasteiger partial charge < -0.3 is 14.8 Å². The Bertz CT molecular complexity index is 1220. The highest BCUT2D eigenvalue weighted by Crippen LogP contribution is 2.44. The molecule has 0 radical (unpaired) electrons. The number of ketones is 1. The number of carbonyl (C=O) groups is 1. The van der Waals surface area contributed by atoms with Crippen LogP contribution in [0.5, 0.6) is 11.5 Å². The number of fused-ring (bicyclic) bond motifs is 1. The first kappa shape index (κ1) is 19.6. The first-order valence-corrected chi connectivity index (χ1v) is 10.4. The van der Waals surface area contributed by atoms with Gasteiger partial charge in [-0.05, 0) is 43.2 Å². The molecular formula is C23H21ClN4O3. The summed E-state index contributed by atoms with van der Waals surface area (Å²) in [4.78, 5) is 17.8. The number of hydrogen-bond acceptors (Lipinski definition) is 6. The number of nitrogens with one attached hydrogen (secondary N) is 1. The van der Waals surface area contributed by atoms with Gasteiger partial charge in [-0.3, -0.25) is 4.79 Å². The normalized spacial score (nSPS) is 17.6. The number of ether oxygens (including phenoxy) is 2. The van der Waals surface area contributed by atoms with Gasteiger partial charge in [0.15, 0.2) is 11.6 Å². The van der Waals surface area contributed by atoms with Crippen LogP contribution < -0.4 is 14.8 Å². The van der Waals surface area contributed by atoms with Gasteiger partial charge in [0.05, 0.1) is 19.2 Å². The van der Waals surface area contributed by atoms with Crippen molar-refractivity contribution in [1.29, 1.82) is 0 Å². The number of aromatic nitrogens is 3. The van der Waals surface area contributed by atoms with Crippen molar-refractivity contribution >= 4 is 23.3 Å². The van der Waals surface area contributed by atoms with Crippen LogP contribution in [0.1, 0.15) is 30.9 Å². The summed E-state index contributed by atoms with van der Waals surface area (Å²) < 4.78 is 12.8. The van der Waals surface area contributed by atoms with Crippen molar-refractivity contribution in [2.45, 2.75) is 25.3 Å². The monoisotopic (exact) mass is 436 g/mol. The molecule has 31 heavy (non-hydrogen) atoms. The highest BCUT2D eigenvalue weighted by molar-refractivity contribution is 6.33. The van der Waals surface area contributed by atoms with E-state index in [1.165, 1.54) is 0 Å². The molecule has 0 saturated carbocycles. The molecule has 7 nitrogen and oxygen atoms in total. The second-order valence-electron chi connectivity index (χ2n) is 7.49. The molecule has 0 saturated heterocycles. The summed E-state index contributed by atoms with van der Waals surface area (Å²) in [5, 5.41) is 8.67. The minimum absolute atomic E-state index is 0.101. The van der Waals surface area contributed by atoms with Crippen LogP contribution in [0.4, 0.5) is 5.95 Å². The van der Waals surface area contributed by atoms with Gasteiger partial charge in [-0.25, -0.2) is 4.68 Å². The van der Waals surface area contributed by atoms with E-state index in [0.29, 0.717) is 40.3 Å². The summed E-state index contributed by atoms with van der Waals surface area (Å²) >= 11 is 6.40. The van der Waals surface area contributed by atoms with Crippen molar-refractivity contribution in [2.24, 2.45) is 0 Å². The van der Waals surface area contributed by atoms with Crippen LogP contribution in [0.2, 0.25) is 5.02 Å². The number of methoxy groups -OCH3 is 2. The lowest BCUT2D eigenvalue weighted by molar-refractivity contribution is -0.116. The van der Waals surface area contributed by atoms with E-state index >= 15 is 0 Å². The summed E-state index contributed by atoms with van der Waals surface area (Å²) in [7, 11) is 3.22. The zero-order valence-electron chi connectivity index (χ0n) is 17.2. The number of hydrogen-bond donors (Lipinski definition) is 1. The van der Waals surface area contributed by atoms with Crippen LogP contribution in [0.3, 0.4) is 0 Å². The number of nitrogens with zero attached hydrogens (tertiary/aromatic N) is 3. The lowest BCUT2D eigenvalue weighted by Crippen LogP contribution is -2.31. The quantitative estimate of drug-likeness (QED) is 0.642. The topological polar surface area (TPSA) is 78.3 Å². The lowest BCUT2D eigenvalue weighted by Gasteiger charge is -2.32. The second-order valence-corrected chi connectivity index (χ2v) is 7.90. The predicted molar refractivity (Wildman–Crippen MR) is 118 cm³/mol. The molecule has 1 aliphatic heterocycles. The van der Waals surface area contributed by atoms with Crippen molar-refractivity contribution in [1.82, 2.24) is 14.8 Å². The SMILES string of the molecule is COc1ccc(OC)c(C2C3=C(CCCC3=O)Nc3nc(-c4ccccc4Cl)nn32)c1. The Kier molecular flexibility index (Phi) is 4.90. The zero-order chi connectivity index (χ0) is 21.5. The van der Waals surface area contributed by atoms with E-state index in [1.54, 1.807) is 25.0 Å². The first-order chi connectivity index (χ1) is 15.1. The van der Waals surface area contributed by atoms with Crippen LogP contribution in [0.15, 0.2) is 53.7 Å². The molecule has 1 aromatic heterocycles. The molecule has 2 aliphatic rings. The van der Waals surface area contributed by atoms with E-state index in [9.17, 15) is 4.79 Å². The van der Waals surface area contributed by atoms with Gasteiger partial charge in [0.25, 0.3) is 0 Å². The lowest BCUT2D eigenvalue weighted by atomic mass is 9.85. The molecule has 158 valence electrons. The van der Waals surface area contributed by atoms with E-state index in [0.717, 1.165) is 29.7 Å². The number of rotatable bonds is 4. The summed E-state index contributed by atoms with van der Waals surface area (Å²) in [5.41, 5.74) is 3.11. The molecular weight excluding hydrogens is 416 g/mol. The number of benzene rings is 2. The van der Waals surface area contributed by atoms with Gasteiger partial charge in [-0.15, -0.1) is 5.10 Å². The number of carbonyl (C=O) groups excluding carboxylic acids is 1. The van der Waals surface area contributed by atoms with E-state index in [4.69, 9.17) is 31.2 Å². The fourth-order valence-electron chi connectivity index (χ4n) is 4.25. The number of allylic oxidation sites excluding steroid dienone is 2. The zero-order valence-corrected chi connectivity index (χ0v) is 17.9. The van der Waals surface area contributed by atoms with Crippen LogP contribution in [0.25, 0.3) is 11.4 Å². The van der Waals surface area contributed by atoms with Crippen LogP contribution in [-0.4, -0.2) is 34.8 Å². The smallest absolute Gasteiger partial charge is 0.226 e. The number of Topliss-reactive ketones (excluding diaryl/α,β-unsaturated/α-hetero) is 1. The Morgan fingerprint density at radius 3 is 2.74 bits per heavy atom. The molecule has 3 aromatic rings. The van der Waals surface area contributed by atoms with Gasteiger partial charge in [0.2, 0.25) is 5.95 Å². The minimum Gasteiger partial charge on any atom is -0.497 e. The first-order valence-electron chi connectivity index (χ1n) is 10.1.